The molecule has 2 heterocycles. The minimum atomic E-state index is -0.622. The number of ether oxygens (including phenoxy) is 3. The second kappa shape index (κ2) is 12.3. The highest BCUT2D eigenvalue weighted by Crippen LogP contribution is 2.40. The van der Waals surface area contributed by atoms with Crippen molar-refractivity contribution in [2.45, 2.75) is 83.8 Å². The molecule has 4 rings (SSSR count). The van der Waals surface area contributed by atoms with Crippen molar-refractivity contribution in [3.8, 4) is 0 Å². The van der Waals surface area contributed by atoms with Gasteiger partial charge in [0, 0.05) is 38.5 Å². The second-order valence-electron chi connectivity index (χ2n) is 11.6. The number of methoxy groups -OCH3 is 1. The number of likely N-dealkylation sites (tertiary alicyclic amines) is 1. The Hall–Kier alpha value is -2.87. The van der Waals surface area contributed by atoms with E-state index in [1.54, 1.807) is 24.1 Å². The molecule has 2 fully saturated rings. The zero-order valence-corrected chi connectivity index (χ0v) is 23.1. The highest BCUT2D eigenvalue weighted by Gasteiger charge is 2.46. The molecule has 8 nitrogen and oxygen atoms in total. The molecule has 0 spiro atoms. The Kier molecular flexibility index (Phi) is 9.13. The summed E-state index contributed by atoms with van der Waals surface area (Å²) in [5.74, 6) is 0.255. The van der Waals surface area contributed by atoms with Gasteiger partial charge in [0.2, 0.25) is 5.76 Å². The highest BCUT2D eigenvalue weighted by molar-refractivity contribution is 5.94. The van der Waals surface area contributed by atoms with Crippen LogP contribution in [0.5, 0.6) is 0 Å². The van der Waals surface area contributed by atoms with Gasteiger partial charge < -0.3 is 18.6 Å². The van der Waals surface area contributed by atoms with Crippen LogP contribution in [-0.4, -0.2) is 61.3 Å². The van der Waals surface area contributed by atoms with Gasteiger partial charge in [0.1, 0.15) is 11.2 Å². The number of furan rings is 1. The number of fused-ring (bicyclic) bond motifs is 1. The number of esters is 1. The maximum absolute atomic E-state index is 13.8. The van der Waals surface area contributed by atoms with Crippen LogP contribution in [0.15, 0.2) is 28.7 Å². The predicted molar refractivity (Wildman–Crippen MR) is 143 cm³/mol. The Morgan fingerprint density at radius 2 is 1.79 bits per heavy atom. The summed E-state index contributed by atoms with van der Waals surface area (Å²) in [6, 6.07) is 6.67. The zero-order valence-electron chi connectivity index (χ0n) is 23.1. The monoisotopic (exact) mass is 527 g/mol. The quantitative estimate of drug-likeness (QED) is 0.294. The van der Waals surface area contributed by atoms with Gasteiger partial charge in [-0.25, -0.2) is 9.59 Å². The van der Waals surface area contributed by atoms with Gasteiger partial charge in [-0.05, 0) is 62.8 Å². The first kappa shape index (κ1) is 28.1. The third-order valence-electron chi connectivity index (χ3n) is 7.54. The van der Waals surface area contributed by atoms with Crippen molar-refractivity contribution in [3.05, 3.63) is 35.6 Å². The van der Waals surface area contributed by atoms with Gasteiger partial charge in [-0.3, -0.25) is 9.69 Å². The van der Waals surface area contributed by atoms with Crippen molar-refractivity contribution >= 4 is 28.8 Å². The Labute approximate surface area is 225 Å². The highest BCUT2D eigenvalue weighted by atomic mass is 16.6. The van der Waals surface area contributed by atoms with E-state index in [0.29, 0.717) is 31.1 Å². The fourth-order valence-corrected chi connectivity index (χ4v) is 5.86. The molecule has 0 radical (unpaired) electrons. The summed E-state index contributed by atoms with van der Waals surface area (Å²) < 4.78 is 21.6. The van der Waals surface area contributed by atoms with Crippen LogP contribution in [0.25, 0.3) is 11.0 Å². The standard InChI is InChI=1S/C30H41NO7/c1-30(2,3)38-29(34)31-14-13-23(21-9-6-5-7-10-21)27(31)24(32)18-20-11-12-25-22(17-20)19-26(37-25)28(33)36-16-8-15-35-4/h11-12,17,19,21,23,27H,5-10,13-16,18H2,1-4H3/t23-,27-/m0/s1. The largest absolute Gasteiger partial charge is 0.460 e. The average molecular weight is 528 g/mol. The molecular formula is C30H41NO7. The molecule has 0 N–H and O–H groups in total. The molecule has 1 saturated heterocycles. The fourth-order valence-electron chi connectivity index (χ4n) is 5.86. The van der Waals surface area contributed by atoms with Gasteiger partial charge in [-0.1, -0.05) is 38.2 Å². The van der Waals surface area contributed by atoms with Crippen molar-refractivity contribution < 1.29 is 33.0 Å². The number of Topliss-reactive ketones (excluding diaryl/α,β-unsaturated/α-hetero) is 1. The number of rotatable bonds is 9. The zero-order chi connectivity index (χ0) is 27.3. The minimum Gasteiger partial charge on any atom is -0.460 e. The molecule has 38 heavy (non-hydrogen) atoms. The molecule has 1 aliphatic heterocycles. The Bertz CT molecular complexity index is 1130. The number of nitrogens with zero attached hydrogens (tertiary/aromatic N) is 1. The summed E-state index contributed by atoms with van der Waals surface area (Å²) in [7, 11) is 1.60. The fraction of sp³-hybridized carbons (Fsp3) is 0.633. The van der Waals surface area contributed by atoms with Crippen molar-refractivity contribution in [1.82, 2.24) is 4.90 Å². The molecule has 2 aromatic rings. The van der Waals surface area contributed by atoms with E-state index >= 15 is 0 Å². The predicted octanol–water partition coefficient (Wildman–Crippen LogP) is 5.94. The normalized spacial score (nSPS) is 20.6. The number of hydrogen-bond acceptors (Lipinski definition) is 7. The second-order valence-corrected chi connectivity index (χ2v) is 11.6. The van der Waals surface area contributed by atoms with Crippen LogP contribution < -0.4 is 0 Å². The molecule has 208 valence electrons. The summed E-state index contributed by atoms with van der Waals surface area (Å²) in [6.45, 7) is 6.85. The van der Waals surface area contributed by atoms with Crippen LogP contribution in [0.1, 0.15) is 81.8 Å². The van der Waals surface area contributed by atoms with E-state index in [9.17, 15) is 14.4 Å². The van der Waals surface area contributed by atoms with Crippen LogP contribution in [0, 0.1) is 11.8 Å². The third-order valence-corrected chi connectivity index (χ3v) is 7.54. The lowest BCUT2D eigenvalue weighted by atomic mass is 9.75. The number of carbonyl (C=O) groups excluding carboxylic acids is 3. The molecule has 2 atom stereocenters. The average Bonchev–Trinajstić information content (AvgIpc) is 3.51. The van der Waals surface area contributed by atoms with Crippen LogP contribution >= 0.6 is 0 Å². The Morgan fingerprint density at radius 3 is 2.50 bits per heavy atom. The van der Waals surface area contributed by atoms with Gasteiger partial charge in [-0.2, -0.15) is 0 Å². The number of hydrogen-bond donors (Lipinski definition) is 0. The van der Waals surface area contributed by atoms with Crippen LogP contribution in [0.3, 0.4) is 0 Å². The van der Waals surface area contributed by atoms with Crippen LogP contribution in [-0.2, 0) is 25.4 Å². The Balaban J connectivity index is 1.49. The number of amides is 1. The SMILES string of the molecule is COCCCOC(=O)c1cc2cc(CC(=O)[C@@H]3[C@H](C4CCCCC4)CCN3C(=O)OC(C)(C)C)ccc2o1. The van der Waals surface area contributed by atoms with E-state index in [0.717, 1.165) is 30.2 Å². The molecule has 0 bridgehead atoms. The molecule has 0 unspecified atom stereocenters. The lowest BCUT2D eigenvalue weighted by Gasteiger charge is -2.34. The summed E-state index contributed by atoms with van der Waals surface area (Å²) >= 11 is 0. The first-order valence-electron chi connectivity index (χ1n) is 13.9. The van der Waals surface area contributed by atoms with E-state index in [1.807, 2.05) is 32.9 Å². The van der Waals surface area contributed by atoms with Crippen LogP contribution in [0.2, 0.25) is 0 Å². The van der Waals surface area contributed by atoms with Crippen molar-refractivity contribution in [2.24, 2.45) is 11.8 Å². The molecule has 2 aliphatic rings. The van der Waals surface area contributed by atoms with Crippen molar-refractivity contribution in [1.29, 1.82) is 0 Å². The van der Waals surface area contributed by atoms with Crippen LogP contribution in [0.4, 0.5) is 4.79 Å². The lowest BCUT2D eigenvalue weighted by Crippen LogP contribution is -2.47. The smallest absolute Gasteiger partial charge is 0.410 e. The summed E-state index contributed by atoms with van der Waals surface area (Å²) in [5.41, 5.74) is 0.755. The molecule has 1 aromatic heterocycles. The summed E-state index contributed by atoms with van der Waals surface area (Å²) in [4.78, 5) is 40.9. The van der Waals surface area contributed by atoms with Crippen molar-refractivity contribution in [2.75, 3.05) is 26.9 Å². The number of benzene rings is 1. The Morgan fingerprint density at radius 1 is 1.03 bits per heavy atom. The maximum Gasteiger partial charge on any atom is 0.410 e. The van der Waals surface area contributed by atoms with Gasteiger partial charge >= 0.3 is 12.1 Å². The number of ketones is 1. The minimum absolute atomic E-state index is 0.0320. The third kappa shape index (κ3) is 6.95. The molecule has 1 saturated carbocycles. The maximum atomic E-state index is 13.8. The first-order chi connectivity index (χ1) is 18.2. The van der Waals surface area contributed by atoms with Gasteiger partial charge in [0.15, 0.2) is 5.78 Å². The topological polar surface area (TPSA) is 95.3 Å². The molecule has 8 heteroatoms. The summed E-state index contributed by atoms with van der Waals surface area (Å²) in [5, 5.41) is 0.735. The van der Waals surface area contributed by atoms with Gasteiger partial charge in [0.05, 0.1) is 12.6 Å². The first-order valence-corrected chi connectivity index (χ1v) is 13.9. The molecule has 1 aromatic carbocycles. The van der Waals surface area contributed by atoms with E-state index < -0.39 is 23.7 Å². The molecular weight excluding hydrogens is 486 g/mol. The lowest BCUT2D eigenvalue weighted by molar-refractivity contribution is -0.124. The van der Waals surface area contributed by atoms with Gasteiger partial charge in [0.25, 0.3) is 0 Å². The van der Waals surface area contributed by atoms with Gasteiger partial charge in [-0.15, -0.1) is 0 Å². The van der Waals surface area contributed by atoms with Crippen molar-refractivity contribution in [3.63, 3.8) is 0 Å². The molecule has 1 aliphatic carbocycles. The number of carbonyl (C=O) groups is 3. The van der Waals surface area contributed by atoms with E-state index in [1.165, 1.54) is 19.3 Å². The van der Waals surface area contributed by atoms with E-state index in [4.69, 9.17) is 18.6 Å². The van der Waals surface area contributed by atoms with E-state index in [2.05, 4.69) is 0 Å². The molecule has 1 amide bonds. The summed E-state index contributed by atoms with van der Waals surface area (Å²) in [6.07, 6.45) is 7.06. The van der Waals surface area contributed by atoms with E-state index in [-0.39, 0.29) is 30.5 Å².